The second-order valence-electron chi connectivity index (χ2n) is 14.6. The summed E-state index contributed by atoms with van der Waals surface area (Å²) in [6.07, 6.45) is 14.0. The van der Waals surface area contributed by atoms with E-state index in [9.17, 15) is 0 Å². The summed E-state index contributed by atoms with van der Waals surface area (Å²) in [6.45, 7) is 0. The number of benzene rings is 6. The normalized spacial score (nSPS) is 17.3. The Kier molecular flexibility index (Phi) is 9.10. The zero-order chi connectivity index (χ0) is 37.3. The van der Waals surface area contributed by atoms with Gasteiger partial charge in [-0.05, 0) is 57.2 Å². The van der Waals surface area contributed by atoms with Crippen LogP contribution in [-0.2, 0) is 0 Å². The highest BCUT2D eigenvalue weighted by molar-refractivity contribution is 8.00. The van der Waals surface area contributed by atoms with E-state index in [2.05, 4.69) is 164 Å². The molecule has 2 unspecified atom stereocenters. The minimum Gasteiger partial charge on any atom is -0.208 e. The average molecular weight is 754 g/mol. The molecule has 7 aromatic rings. The van der Waals surface area contributed by atoms with Crippen LogP contribution in [0, 0.1) is 0 Å². The summed E-state index contributed by atoms with van der Waals surface area (Å²) in [5.41, 5.74) is 6.82. The summed E-state index contributed by atoms with van der Waals surface area (Å²) in [6, 6.07) is 61.4. The van der Waals surface area contributed by atoms with Crippen LogP contribution in [0.2, 0.25) is 0 Å². The molecule has 0 bridgehead atoms. The van der Waals surface area contributed by atoms with Gasteiger partial charge in [-0.3, -0.25) is 0 Å². The van der Waals surface area contributed by atoms with Gasteiger partial charge in [0.2, 0.25) is 0 Å². The summed E-state index contributed by atoms with van der Waals surface area (Å²) < 4.78 is 0. The molecule has 5 heteroatoms. The Morgan fingerprint density at radius 2 is 1.09 bits per heavy atom. The molecule has 0 radical (unpaired) electrons. The van der Waals surface area contributed by atoms with Crippen LogP contribution in [-0.4, -0.2) is 28.3 Å². The fraction of sp³-hybridized carbons (Fsp3) is 0.0784. The molecular formula is C51H39N3SSi. The minimum atomic E-state index is -2.64. The molecule has 1 aromatic heterocycles. The van der Waals surface area contributed by atoms with E-state index in [1.165, 1.54) is 42.4 Å². The minimum absolute atomic E-state index is 0.110. The topological polar surface area (TPSA) is 38.7 Å². The van der Waals surface area contributed by atoms with Gasteiger partial charge in [-0.2, -0.15) is 0 Å². The number of allylic oxidation sites excluding steroid dienone is 7. The second kappa shape index (κ2) is 14.8. The van der Waals surface area contributed by atoms with Gasteiger partial charge in [0, 0.05) is 32.8 Å². The molecule has 6 aromatic carbocycles. The van der Waals surface area contributed by atoms with Crippen LogP contribution in [0.25, 0.3) is 33.9 Å². The van der Waals surface area contributed by atoms with Crippen molar-refractivity contribution in [3.63, 3.8) is 0 Å². The van der Waals surface area contributed by atoms with Gasteiger partial charge in [-0.1, -0.05) is 193 Å². The zero-order valence-corrected chi connectivity index (χ0v) is 32.7. The molecule has 0 amide bonds. The molecule has 2 heterocycles. The first-order chi connectivity index (χ1) is 27.8. The van der Waals surface area contributed by atoms with Crippen LogP contribution in [0.5, 0.6) is 0 Å². The average Bonchev–Trinajstić information content (AvgIpc) is 3.67. The first kappa shape index (κ1) is 34.4. The molecular weight excluding hydrogens is 715 g/mol. The van der Waals surface area contributed by atoms with E-state index in [0.29, 0.717) is 11.6 Å². The van der Waals surface area contributed by atoms with Crippen LogP contribution in [0.1, 0.15) is 35.7 Å². The molecule has 56 heavy (non-hydrogen) atoms. The van der Waals surface area contributed by atoms with Crippen molar-refractivity contribution in [2.45, 2.75) is 28.9 Å². The lowest BCUT2D eigenvalue weighted by Crippen LogP contribution is -2.68. The third-order valence-electron chi connectivity index (χ3n) is 11.3. The van der Waals surface area contributed by atoms with Crippen molar-refractivity contribution >= 4 is 46.5 Å². The van der Waals surface area contributed by atoms with Gasteiger partial charge in [0.05, 0.1) is 0 Å². The molecule has 0 saturated carbocycles. The standard InChI is InChI=1S/C51H39N3SSi/c1-6-19-36(20-7-1)49-52-50(37-21-8-2-9-22-37)54-51(53-49)45-34-39(35-47-48(45)44-31-16-17-32-46(44)55-47)38-23-18-30-43(33-38)56(40-24-10-3-11-25-40,41-26-12-4-13-27-41)42-28-14-5-15-29-42/h1-14,16-28,30-35,47-48H,15,29H2. The molecule has 3 nitrogen and oxygen atoms in total. The summed E-state index contributed by atoms with van der Waals surface area (Å²) in [4.78, 5) is 16.9. The van der Waals surface area contributed by atoms with E-state index in [1.54, 1.807) is 0 Å². The molecule has 1 aliphatic heterocycles. The molecule has 10 rings (SSSR count). The Hall–Kier alpha value is -6.14. The molecule has 0 fully saturated rings. The van der Waals surface area contributed by atoms with Crippen LogP contribution in [0.15, 0.2) is 210 Å². The fourth-order valence-electron chi connectivity index (χ4n) is 8.79. The fourth-order valence-corrected chi connectivity index (χ4v) is 15.3. The van der Waals surface area contributed by atoms with Crippen molar-refractivity contribution in [1.29, 1.82) is 0 Å². The van der Waals surface area contributed by atoms with Crippen molar-refractivity contribution < 1.29 is 0 Å². The van der Waals surface area contributed by atoms with Gasteiger partial charge < -0.3 is 0 Å². The molecule has 268 valence electrons. The highest BCUT2D eigenvalue weighted by Gasteiger charge is 2.43. The summed E-state index contributed by atoms with van der Waals surface area (Å²) in [5, 5.41) is 5.95. The monoisotopic (exact) mass is 753 g/mol. The molecule has 3 aliphatic rings. The number of hydrogen-bond acceptors (Lipinski definition) is 4. The summed E-state index contributed by atoms with van der Waals surface area (Å²) in [7, 11) is -2.64. The first-order valence-corrected chi connectivity index (χ1v) is 22.3. The number of hydrogen-bond donors (Lipinski definition) is 0. The maximum Gasteiger partial charge on any atom is 0.175 e. The summed E-state index contributed by atoms with van der Waals surface area (Å²) in [5.74, 6) is 2.20. The predicted molar refractivity (Wildman–Crippen MR) is 236 cm³/mol. The lowest BCUT2D eigenvalue weighted by atomic mass is 9.81. The molecule has 2 atom stereocenters. The highest BCUT2D eigenvalue weighted by atomic mass is 32.2. The zero-order valence-electron chi connectivity index (χ0n) is 30.9. The van der Waals surface area contributed by atoms with Crippen LogP contribution in [0.4, 0.5) is 0 Å². The highest BCUT2D eigenvalue weighted by Crippen LogP contribution is 2.54. The van der Waals surface area contributed by atoms with Gasteiger partial charge in [-0.15, -0.1) is 11.8 Å². The van der Waals surface area contributed by atoms with Crippen molar-refractivity contribution in [1.82, 2.24) is 15.0 Å². The maximum absolute atomic E-state index is 5.28. The van der Waals surface area contributed by atoms with Gasteiger partial charge in [-0.25, -0.2) is 15.0 Å². The van der Waals surface area contributed by atoms with Crippen LogP contribution >= 0.6 is 11.8 Å². The predicted octanol–water partition coefficient (Wildman–Crippen LogP) is 10.2. The number of rotatable bonds is 8. The van der Waals surface area contributed by atoms with Crippen molar-refractivity contribution in [3.05, 3.63) is 222 Å². The Morgan fingerprint density at radius 3 is 1.71 bits per heavy atom. The van der Waals surface area contributed by atoms with Gasteiger partial charge in [0.15, 0.2) is 25.5 Å². The lowest BCUT2D eigenvalue weighted by molar-refractivity contribution is 0.878. The SMILES string of the molecule is C1=CCCC([Si](c2ccccc2)(c2ccccc2)c2cccc(C3=CC4Sc5ccccc5C4C(c4nc(-c5ccccc5)nc(-c5ccccc5)n4)=C3)c2)=C1. The summed E-state index contributed by atoms with van der Waals surface area (Å²) >= 11 is 1.95. The molecule has 0 N–H and O–H groups in total. The van der Waals surface area contributed by atoms with E-state index in [0.717, 1.165) is 35.4 Å². The van der Waals surface area contributed by atoms with Crippen LogP contribution in [0.3, 0.4) is 0 Å². The van der Waals surface area contributed by atoms with Crippen LogP contribution < -0.4 is 15.6 Å². The Morgan fingerprint density at radius 1 is 0.536 bits per heavy atom. The number of nitrogens with zero attached hydrogens (tertiary/aromatic N) is 3. The van der Waals surface area contributed by atoms with Gasteiger partial charge in [0.1, 0.15) is 0 Å². The third kappa shape index (κ3) is 6.14. The number of thioether (sulfide) groups is 1. The largest absolute Gasteiger partial charge is 0.208 e. The number of fused-ring (bicyclic) bond motifs is 3. The Labute approximate surface area is 334 Å². The second-order valence-corrected chi connectivity index (χ2v) is 19.7. The van der Waals surface area contributed by atoms with E-state index >= 15 is 0 Å². The van der Waals surface area contributed by atoms with Crippen molar-refractivity contribution in [2.24, 2.45) is 0 Å². The Bertz CT molecular complexity index is 2570. The quantitative estimate of drug-likeness (QED) is 0.114. The maximum atomic E-state index is 5.28. The van der Waals surface area contributed by atoms with E-state index in [-0.39, 0.29) is 11.2 Å². The van der Waals surface area contributed by atoms with Crippen molar-refractivity contribution in [2.75, 3.05) is 0 Å². The molecule has 2 aliphatic carbocycles. The van der Waals surface area contributed by atoms with Crippen molar-refractivity contribution in [3.8, 4) is 22.8 Å². The van der Waals surface area contributed by atoms with E-state index in [1.807, 2.05) is 48.2 Å². The number of aromatic nitrogens is 3. The smallest absolute Gasteiger partial charge is 0.175 e. The molecule has 0 saturated heterocycles. The third-order valence-corrected chi connectivity index (χ3v) is 17.6. The molecule has 0 spiro atoms. The van der Waals surface area contributed by atoms with E-state index < -0.39 is 8.07 Å². The van der Waals surface area contributed by atoms with Gasteiger partial charge in [0.25, 0.3) is 0 Å². The lowest BCUT2D eigenvalue weighted by Gasteiger charge is -2.37. The van der Waals surface area contributed by atoms with Gasteiger partial charge >= 0.3 is 0 Å². The van der Waals surface area contributed by atoms with E-state index in [4.69, 9.17) is 15.0 Å². The Balaban J connectivity index is 1.18. The first-order valence-electron chi connectivity index (χ1n) is 19.4.